The molecule has 1 N–H and O–H groups in total. The SMILES string of the molecule is CCOC(=O)N1CCC(n2nnnc2SCC(=O)O)CC1. The lowest BCUT2D eigenvalue weighted by Gasteiger charge is -2.31. The molecule has 0 atom stereocenters. The number of thioether (sulfide) groups is 1. The van der Waals surface area contributed by atoms with Gasteiger partial charge in [-0.3, -0.25) is 4.79 Å². The van der Waals surface area contributed by atoms with E-state index in [0.29, 0.717) is 37.7 Å². The Hall–Kier alpha value is -1.84. The highest BCUT2D eigenvalue weighted by molar-refractivity contribution is 7.99. The highest BCUT2D eigenvalue weighted by Crippen LogP contribution is 2.26. The molecule has 0 unspecified atom stereocenters. The number of ether oxygens (including phenoxy) is 1. The lowest BCUT2D eigenvalue weighted by Crippen LogP contribution is -2.39. The lowest BCUT2D eigenvalue weighted by molar-refractivity contribution is -0.133. The first-order valence-electron chi connectivity index (χ1n) is 6.66. The molecule has 0 aromatic carbocycles. The van der Waals surface area contributed by atoms with Crippen molar-refractivity contribution in [2.24, 2.45) is 0 Å². The van der Waals surface area contributed by atoms with Crippen molar-refractivity contribution in [3.63, 3.8) is 0 Å². The van der Waals surface area contributed by atoms with Gasteiger partial charge in [0, 0.05) is 13.1 Å². The van der Waals surface area contributed by atoms with Gasteiger partial charge in [0.25, 0.3) is 0 Å². The van der Waals surface area contributed by atoms with Crippen LogP contribution in [-0.4, -0.2) is 67.7 Å². The molecule has 0 spiro atoms. The van der Waals surface area contributed by atoms with Gasteiger partial charge in [-0.15, -0.1) is 5.10 Å². The van der Waals surface area contributed by atoms with Crippen LogP contribution in [0.3, 0.4) is 0 Å². The van der Waals surface area contributed by atoms with Crippen molar-refractivity contribution in [1.82, 2.24) is 25.1 Å². The summed E-state index contributed by atoms with van der Waals surface area (Å²) in [7, 11) is 0. The molecule has 2 heterocycles. The van der Waals surface area contributed by atoms with Crippen LogP contribution in [0.1, 0.15) is 25.8 Å². The number of aliphatic carboxylic acids is 1. The van der Waals surface area contributed by atoms with Crippen LogP contribution in [-0.2, 0) is 9.53 Å². The molecule has 1 saturated heterocycles. The van der Waals surface area contributed by atoms with Crippen molar-refractivity contribution in [3.05, 3.63) is 0 Å². The molecule has 0 aliphatic carbocycles. The van der Waals surface area contributed by atoms with E-state index in [1.54, 1.807) is 16.5 Å². The summed E-state index contributed by atoms with van der Waals surface area (Å²) >= 11 is 1.09. The molecule has 1 amide bonds. The van der Waals surface area contributed by atoms with Crippen LogP contribution in [0.2, 0.25) is 0 Å². The van der Waals surface area contributed by atoms with Crippen LogP contribution in [0, 0.1) is 0 Å². The van der Waals surface area contributed by atoms with Gasteiger partial charge in [0.1, 0.15) is 0 Å². The topological polar surface area (TPSA) is 110 Å². The fourth-order valence-electron chi connectivity index (χ4n) is 2.14. The number of amides is 1. The maximum absolute atomic E-state index is 11.6. The number of tetrazole rings is 1. The van der Waals surface area contributed by atoms with Gasteiger partial charge in [-0.1, -0.05) is 11.8 Å². The molecule has 1 aromatic heterocycles. The van der Waals surface area contributed by atoms with E-state index in [1.165, 1.54) is 0 Å². The molecule has 1 aliphatic rings. The molecule has 1 aromatic rings. The zero-order chi connectivity index (χ0) is 15.2. The standard InChI is InChI=1S/C11H17N5O4S/c1-2-20-11(19)15-5-3-8(4-6-15)16-10(12-13-14-16)21-7-9(17)18/h8H,2-7H2,1H3,(H,17,18). The Morgan fingerprint density at radius 1 is 1.43 bits per heavy atom. The first-order valence-corrected chi connectivity index (χ1v) is 7.64. The fourth-order valence-corrected chi connectivity index (χ4v) is 2.81. The average molecular weight is 315 g/mol. The molecule has 0 saturated carbocycles. The number of carboxylic acids is 1. The summed E-state index contributed by atoms with van der Waals surface area (Å²) in [6.07, 6.45) is 1.13. The van der Waals surface area contributed by atoms with Gasteiger partial charge in [-0.05, 0) is 30.2 Å². The second-order valence-electron chi connectivity index (χ2n) is 4.51. The predicted octanol–water partition coefficient (Wildman–Crippen LogP) is 0.643. The summed E-state index contributed by atoms with van der Waals surface area (Å²) in [5, 5.41) is 20.6. The zero-order valence-corrected chi connectivity index (χ0v) is 12.5. The van der Waals surface area contributed by atoms with Crippen LogP contribution in [0.4, 0.5) is 4.79 Å². The Balaban J connectivity index is 1.92. The Kier molecular flexibility index (Phi) is 5.37. The van der Waals surface area contributed by atoms with Crippen molar-refractivity contribution >= 4 is 23.8 Å². The smallest absolute Gasteiger partial charge is 0.409 e. The molecule has 2 rings (SSSR count). The minimum atomic E-state index is -0.910. The third-order valence-corrected chi connectivity index (χ3v) is 4.04. The number of likely N-dealkylation sites (tertiary alicyclic amines) is 1. The van der Waals surface area contributed by atoms with Crippen molar-refractivity contribution in [1.29, 1.82) is 0 Å². The number of carbonyl (C=O) groups is 2. The second kappa shape index (κ2) is 7.25. The Morgan fingerprint density at radius 2 is 2.14 bits per heavy atom. The van der Waals surface area contributed by atoms with Gasteiger partial charge in [0.2, 0.25) is 5.16 Å². The monoisotopic (exact) mass is 315 g/mol. The third kappa shape index (κ3) is 4.06. The van der Waals surface area contributed by atoms with Crippen LogP contribution >= 0.6 is 11.8 Å². The van der Waals surface area contributed by atoms with Gasteiger partial charge in [0.05, 0.1) is 18.4 Å². The van der Waals surface area contributed by atoms with Crippen LogP contribution in [0.15, 0.2) is 5.16 Å². The number of aromatic nitrogens is 4. The van der Waals surface area contributed by atoms with Crippen LogP contribution in [0.25, 0.3) is 0 Å². The highest BCUT2D eigenvalue weighted by Gasteiger charge is 2.27. The van der Waals surface area contributed by atoms with Crippen molar-refractivity contribution < 1.29 is 19.4 Å². The summed E-state index contributed by atoms with van der Waals surface area (Å²) in [6.45, 7) is 3.29. The number of carboxylic acid groups (broad SMARTS) is 1. The average Bonchev–Trinajstić information content (AvgIpc) is 2.94. The molecular weight excluding hydrogens is 298 g/mol. The summed E-state index contributed by atoms with van der Waals surface area (Å²) in [6, 6.07) is 0.0713. The van der Waals surface area contributed by atoms with E-state index in [0.717, 1.165) is 11.8 Å². The summed E-state index contributed by atoms with van der Waals surface area (Å²) < 4.78 is 6.62. The maximum atomic E-state index is 11.6. The Morgan fingerprint density at radius 3 is 2.76 bits per heavy atom. The number of carbonyl (C=O) groups excluding carboxylic acids is 1. The quantitative estimate of drug-likeness (QED) is 0.788. The molecule has 0 bridgehead atoms. The van der Waals surface area contributed by atoms with Crippen molar-refractivity contribution in [3.8, 4) is 0 Å². The van der Waals surface area contributed by atoms with Gasteiger partial charge in [-0.25, -0.2) is 9.48 Å². The minimum Gasteiger partial charge on any atom is -0.481 e. The number of hydrogen-bond acceptors (Lipinski definition) is 7. The van der Waals surface area contributed by atoms with Crippen LogP contribution < -0.4 is 0 Å². The van der Waals surface area contributed by atoms with Gasteiger partial charge in [-0.2, -0.15) is 0 Å². The first-order chi connectivity index (χ1) is 10.1. The van der Waals surface area contributed by atoms with E-state index in [1.807, 2.05) is 0 Å². The molecule has 116 valence electrons. The molecule has 1 fully saturated rings. The molecule has 0 radical (unpaired) electrons. The third-order valence-electron chi connectivity index (χ3n) is 3.12. The lowest BCUT2D eigenvalue weighted by atomic mass is 10.1. The molecule has 1 aliphatic heterocycles. The number of rotatable bonds is 5. The van der Waals surface area contributed by atoms with Crippen molar-refractivity contribution in [2.45, 2.75) is 31.0 Å². The van der Waals surface area contributed by atoms with Crippen molar-refractivity contribution in [2.75, 3.05) is 25.4 Å². The van der Waals surface area contributed by atoms with E-state index in [9.17, 15) is 9.59 Å². The van der Waals surface area contributed by atoms with E-state index >= 15 is 0 Å². The number of hydrogen-bond donors (Lipinski definition) is 1. The largest absolute Gasteiger partial charge is 0.481 e. The van der Waals surface area contributed by atoms with Gasteiger partial charge >= 0.3 is 12.1 Å². The normalized spacial score (nSPS) is 16.0. The summed E-state index contributed by atoms with van der Waals surface area (Å²) in [4.78, 5) is 23.9. The van der Waals surface area contributed by atoms with Gasteiger partial charge < -0.3 is 14.7 Å². The first kappa shape index (κ1) is 15.5. The fraction of sp³-hybridized carbons (Fsp3) is 0.727. The Labute approximate surface area is 125 Å². The molecule has 9 nitrogen and oxygen atoms in total. The molecule has 21 heavy (non-hydrogen) atoms. The number of piperidine rings is 1. The summed E-state index contributed by atoms with van der Waals surface area (Å²) in [5.41, 5.74) is 0. The zero-order valence-electron chi connectivity index (χ0n) is 11.6. The van der Waals surface area contributed by atoms with E-state index < -0.39 is 5.97 Å². The Bertz CT molecular complexity index is 501. The van der Waals surface area contributed by atoms with Gasteiger partial charge in [0.15, 0.2) is 0 Å². The maximum Gasteiger partial charge on any atom is 0.409 e. The van der Waals surface area contributed by atoms with E-state index in [4.69, 9.17) is 9.84 Å². The minimum absolute atomic E-state index is 0.0713. The molecular formula is C11H17N5O4S. The second-order valence-corrected chi connectivity index (χ2v) is 5.45. The van der Waals surface area contributed by atoms with E-state index in [-0.39, 0.29) is 17.9 Å². The number of nitrogens with zero attached hydrogens (tertiary/aromatic N) is 5. The predicted molar refractivity (Wildman–Crippen MR) is 73.0 cm³/mol. The van der Waals surface area contributed by atoms with E-state index in [2.05, 4.69) is 15.5 Å². The highest BCUT2D eigenvalue weighted by atomic mass is 32.2. The molecule has 10 heteroatoms. The summed E-state index contributed by atoms with van der Waals surface area (Å²) in [5.74, 6) is -0.992. The van der Waals surface area contributed by atoms with Crippen LogP contribution in [0.5, 0.6) is 0 Å².